The van der Waals surface area contributed by atoms with Gasteiger partial charge in [0.1, 0.15) is 17.3 Å². The molecular weight excluding hydrogens is 583 g/mol. The van der Waals surface area contributed by atoms with Gasteiger partial charge in [-0.05, 0) is 41.3 Å². The van der Waals surface area contributed by atoms with Crippen molar-refractivity contribution >= 4 is 62.3 Å². The standard InChI is InChI=1S/C23H15N15S3/c1-2-17(33-30-4-1)37-23(16-3-8-40-34-16,21-27-10-14-20(31-21)29-13-28-14)19(15-12-41-35-32-15)36(22-26-7-9-39-22)38(37)18-11-24-5-6-25-18/h1-13,19H,(H,27,28,29,31). The van der Waals surface area contributed by atoms with Crippen LogP contribution in [0, 0.1) is 0 Å². The number of aromatic nitrogens is 12. The lowest BCUT2D eigenvalue weighted by atomic mass is 9.83. The highest BCUT2D eigenvalue weighted by Crippen LogP contribution is 2.57. The first-order valence-corrected chi connectivity index (χ1v) is 14.6. The van der Waals surface area contributed by atoms with Crippen LogP contribution in [-0.4, -0.2) is 59.0 Å². The minimum absolute atomic E-state index is 0.402. The lowest BCUT2D eigenvalue weighted by Crippen LogP contribution is -2.53. The normalized spacial score (nSPS) is 18.9. The number of H-pyrrole nitrogens is 1. The van der Waals surface area contributed by atoms with E-state index in [0.717, 1.165) is 0 Å². The molecule has 0 spiro atoms. The van der Waals surface area contributed by atoms with Crippen LogP contribution in [0.3, 0.4) is 0 Å². The third-order valence-electron chi connectivity index (χ3n) is 6.51. The van der Waals surface area contributed by atoms with Gasteiger partial charge in [0.05, 0.1) is 24.4 Å². The molecule has 8 rings (SSSR count). The first-order valence-electron chi connectivity index (χ1n) is 12.0. The van der Waals surface area contributed by atoms with Crippen molar-refractivity contribution in [1.82, 2.24) is 59.0 Å². The van der Waals surface area contributed by atoms with E-state index in [9.17, 15) is 0 Å². The largest absolute Gasteiger partial charge is 0.342 e. The van der Waals surface area contributed by atoms with E-state index in [1.807, 2.05) is 49.5 Å². The van der Waals surface area contributed by atoms with Gasteiger partial charge in [-0.25, -0.2) is 34.9 Å². The van der Waals surface area contributed by atoms with Gasteiger partial charge in [0.15, 0.2) is 28.6 Å². The number of nitrogens with one attached hydrogen (secondary N) is 1. The summed E-state index contributed by atoms with van der Waals surface area (Å²) in [4.78, 5) is 31.2. The van der Waals surface area contributed by atoms with Crippen LogP contribution in [0.1, 0.15) is 23.3 Å². The molecule has 0 amide bonds. The maximum Gasteiger partial charge on any atom is 0.206 e. The first kappa shape index (κ1) is 23.8. The zero-order valence-corrected chi connectivity index (χ0v) is 23.0. The second kappa shape index (κ2) is 9.54. The first-order chi connectivity index (χ1) is 20.4. The van der Waals surface area contributed by atoms with E-state index in [1.54, 1.807) is 43.5 Å². The fourth-order valence-electron chi connectivity index (χ4n) is 5.00. The highest BCUT2D eigenvalue weighted by atomic mass is 32.1. The molecule has 15 nitrogen and oxygen atoms in total. The molecule has 7 aromatic rings. The van der Waals surface area contributed by atoms with Gasteiger partial charge in [-0.1, -0.05) is 4.49 Å². The second-order valence-corrected chi connectivity index (χ2v) is 10.8. The van der Waals surface area contributed by atoms with E-state index in [-0.39, 0.29) is 0 Å². The predicted octanol–water partition coefficient (Wildman–Crippen LogP) is 3.05. The average Bonchev–Trinajstić information content (AvgIpc) is 3.86. The molecule has 2 unspecified atom stereocenters. The summed E-state index contributed by atoms with van der Waals surface area (Å²) >= 11 is 4.01. The Hall–Kier alpha value is -5.07. The molecule has 1 fully saturated rings. The van der Waals surface area contributed by atoms with Crippen molar-refractivity contribution < 1.29 is 0 Å². The van der Waals surface area contributed by atoms with Gasteiger partial charge in [0, 0.05) is 40.9 Å². The zero-order chi connectivity index (χ0) is 27.2. The molecule has 1 aliphatic rings. The van der Waals surface area contributed by atoms with Gasteiger partial charge in [0.2, 0.25) is 5.13 Å². The lowest BCUT2D eigenvalue weighted by molar-refractivity contribution is 0.424. The monoisotopic (exact) mass is 597 g/mol. The number of anilines is 3. The fraction of sp³-hybridized carbons (Fsp3) is 0.0870. The molecule has 18 heteroatoms. The number of nitrogens with zero attached hydrogens (tertiary/aromatic N) is 14. The van der Waals surface area contributed by atoms with E-state index < -0.39 is 11.6 Å². The zero-order valence-electron chi connectivity index (χ0n) is 20.6. The van der Waals surface area contributed by atoms with Crippen LogP contribution in [0.4, 0.5) is 16.8 Å². The molecule has 0 aliphatic carbocycles. The Morgan fingerprint density at radius 1 is 0.902 bits per heavy atom. The summed E-state index contributed by atoms with van der Waals surface area (Å²) in [6.45, 7) is 0. The number of hydrogen-bond donors (Lipinski definition) is 1. The number of hydrazine groups is 2. The molecule has 0 aromatic carbocycles. The van der Waals surface area contributed by atoms with Crippen molar-refractivity contribution in [1.29, 1.82) is 0 Å². The minimum atomic E-state index is -1.29. The maximum atomic E-state index is 5.00. The van der Waals surface area contributed by atoms with Crippen LogP contribution >= 0.6 is 34.4 Å². The number of rotatable bonds is 6. The molecule has 1 N–H and O–H groups in total. The summed E-state index contributed by atoms with van der Waals surface area (Å²) in [6, 6.07) is 4.95. The summed E-state index contributed by atoms with van der Waals surface area (Å²) in [5.41, 5.74) is 1.19. The Kier molecular flexibility index (Phi) is 5.53. The highest BCUT2D eigenvalue weighted by molar-refractivity contribution is 7.13. The third-order valence-corrected chi connectivity index (χ3v) is 8.36. The third kappa shape index (κ3) is 3.58. The predicted molar refractivity (Wildman–Crippen MR) is 151 cm³/mol. The van der Waals surface area contributed by atoms with E-state index in [2.05, 4.69) is 34.7 Å². The van der Waals surface area contributed by atoms with Gasteiger partial charge < -0.3 is 4.98 Å². The number of hydrogen-bond acceptors (Lipinski definition) is 17. The quantitative estimate of drug-likeness (QED) is 0.297. The van der Waals surface area contributed by atoms with E-state index in [0.29, 0.717) is 45.1 Å². The summed E-state index contributed by atoms with van der Waals surface area (Å²) in [5, 5.41) is 25.5. The molecule has 1 saturated heterocycles. The van der Waals surface area contributed by atoms with E-state index >= 15 is 0 Å². The second-order valence-electron chi connectivity index (χ2n) is 8.62. The van der Waals surface area contributed by atoms with Crippen LogP contribution in [-0.2, 0) is 5.54 Å². The van der Waals surface area contributed by atoms with Crippen LogP contribution in [0.15, 0.2) is 77.8 Å². The van der Waals surface area contributed by atoms with Crippen LogP contribution in [0.5, 0.6) is 0 Å². The molecule has 0 bridgehead atoms. The molecule has 41 heavy (non-hydrogen) atoms. The number of fused-ring (bicyclic) bond motifs is 1. The van der Waals surface area contributed by atoms with Gasteiger partial charge in [-0.15, -0.1) is 21.5 Å². The van der Waals surface area contributed by atoms with Crippen molar-refractivity contribution in [3.8, 4) is 0 Å². The summed E-state index contributed by atoms with van der Waals surface area (Å²) in [5.74, 6) is 1.36. The summed E-state index contributed by atoms with van der Waals surface area (Å²) in [6.07, 6.45) is 11.6. The Morgan fingerprint density at radius 2 is 1.90 bits per heavy atom. The van der Waals surface area contributed by atoms with Crippen molar-refractivity contribution in [2.75, 3.05) is 15.1 Å². The van der Waals surface area contributed by atoms with Crippen molar-refractivity contribution in [3.05, 3.63) is 95.1 Å². The average molecular weight is 598 g/mol. The Morgan fingerprint density at radius 3 is 2.66 bits per heavy atom. The summed E-state index contributed by atoms with van der Waals surface area (Å²) in [7, 11) is 0. The molecule has 8 heterocycles. The van der Waals surface area contributed by atoms with Gasteiger partial charge >= 0.3 is 0 Å². The van der Waals surface area contributed by atoms with Gasteiger partial charge in [-0.3, -0.25) is 4.98 Å². The summed E-state index contributed by atoms with van der Waals surface area (Å²) < 4.78 is 9.13. The Bertz CT molecular complexity index is 1880. The van der Waals surface area contributed by atoms with Gasteiger partial charge in [-0.2, -0.15) is 14.6 Å². The molecule has 200 valence electrons. The SMILES string of the molecule is c1cnnc(N2N(c3cnccn3)N(c3nccs3)C(c3csnn3)C2(c2ccsn2)c2ncc3[nH]cnc3n2)c1. The highest BCUT2D eigenvalue weighted by Gasteiger charge is 2.66. The lowest BCUT2D eigenvalue weighted by Gasteiger charge is -2.39. The Labute approximate surface area is 242 Å². The van der Waals surface area contributed by atoms with E-state index in [1.165, 1.54) is 34.4 Å². The van der Waals surface area contributed by atoms with Crippen molar-refractivity contribution in [2.45, 2.75) is 11.6 Å². The molecule has 0 radical (unpaired) electrons. The topological polar surface area (TPSA) is 167 Å². The van der Waals surface area contributed by atoms with Gasteiger partial charge in [0.25, 0.3) is 0 Å². The smallest absolute Gasteiger partial charge is 0.206 e. The van der Waals surface area contributed by atoms with Crippen LogP contribution in [0.2, 0.25) is 0 Å². The number of thiazole rings is 1. The molecular formula is C23H15N15S3. The number of aromatic amines is 1. The Balaban J connectivity index is 1.55. The molecule has 1 aliphatic heterocycles. The maximum absolute atomic E-state index is 5.00. The van der Waals surface area contributed by atoms with E-state index in [4.69, 9.17) is 24.3 Å². The van der Waals surface area contributed by atoms with Crippen LogP contribution in [0.25, 0.3) is 11.2 Å². The molecule has 2 atom stereocenters. The molecule has 0 saturated carbocycles. The fourth-order valence-corrected chi connectivity index (χ4v) is 6.69. The number of imidazole rings is 1. The minimum Gasteiger partial charge on any atom is -0.342 e. The molecule has 7 aromatic heterocycles. The van der Waals surface area contributed by atoms with Crippen molar-refractivity contribution in [3.63, 3.8) is 0 Å². The van der Waals surface area contributed by atoms with Crippen molar-refractivity contribution in [2.24, 2.45) is 0 Å². The van der Waals surface area contributed by atoms with Crippen LogP contribution < -0.4 is 15.1 Å².